The van der Waals surface area contributed by atoms with Crippen molar-refractivity contribution in [1.82, 2.24) is 14.7 Å². The van der Waals surface area contributed by atoms with Gasteiger partial charge in [0, 0.05) is 38.1 Å². The van der Waals surface area contributed by atoms with Crippen LogP contribution in [0.2, 0.25) is 0 Å². The summed E-state index contributed by atoms with van der Waals surface area (Å²) in [6.07, 6.45) is 6.86. The zero-order chi connectivity index (χ0) is 13.8. The van der Waals surface area contributed by atoms with Crippen LogP contribution in [0.15, 0.2) is 42.7 Å². The third kappa shape index (κ3) is 3.15. The molecule has 1 atom stereocenters. The summed E-state index contributed by atoms with van der Waals surface area (Å²) in [5.41, 5.74) is 1.42. The molecule has 2 radical (unpaired) electrons. The molecule has 1 saturated heterocycles. The van der Waals surface area contributed by atoms with Crippen LogP contribution in [-0.2, 0) is 6.54 Å². The minimum atomic E-state index is 0.643. The predicted molar refractivity (Wildman–Crippen MR) is 81.3 cm³/mol. The van der Waals surface area contributed by atoms with E-state index in [0.29, 0.717) is 6.04 Å². The van der Waals surface area contributed by atoms with Crippen molar-refractivity contribution in [2.75, 3.05) is 19.6 Å². The van der Waals surface area contributed by atoms with Gasteiger partial charge in [-0.1, -0.05) is 30.3 Å². The van der Waals surface area contributed by atoms with E-state index in [1.807, 2.05) is 0 Å². The van der Waals surface area contributed by atoms with Crippen molar-refractivity contribution < 1.29 is 0 Å². The second kappa shape index (κ2) is 6.31. The minimum absolute atomic E-state index is 0.643. The Hall–Kier alpha value is -1.48. The molecule has 3 nitrogen and oxygen atoms in total. The van der Waals surface area contributed by atoms with Crippen molar-refractivity contribution in [2.24, 2.45) is 0 Å². The van der Waals surface area contributed by atoms with E-state index < -0.39 is 0 Å². The van der Waals surface area contributed by atoms with Crippen LogP contribution in [0, 0.1) is 6.67 Å². The van der Waals surface area contributed by atoms with Gasteiger partial charge >= 0.3 is 0 Å². The van der Waals surface area contributed by atoms with Gasteiger partial charge in [-0.05, 0) is 31.9 Å². The second-order valence-electron chi connectivity index (χ2n) is 5.59. The van der Waals surface area contributed by atoms with Crippen molar-refractivity contribution in [1.29, 1.82) is 0 Å². The maximum atomic E-state index is 3.38. The van der Waals surface area contributed by atoms with Crippen molar-refractivity contribution in [2.45, 2.75) is 32.4 Å². The fourth-order valence-electron chi connectivity index (χ4n) is 3.03. The second-order valence-corrected chi connectivity index (χ2v) is 5.59. The van der Waals surface area contributed by atoms with E-state index in [1.165, 1.54) is 24.9 Å². The molecule has 2 heterocycles. The third-order valence-electron chi connectivity index (χ3n) is 4.16. The molecule has 1 aromatic carbocycles. The van der Waals surface area contributed by atoms with Gasteiger partial charge < -0.3 is 9.80 Å². The highest BCUT2D eigenvalue weighted by molar-refractivity contribution is 5.15. The Morgan fingerprint density at radius 3 is 2.70 bits per heavy atom. The fourth-order valence-corrected chi connectivity index (χ4v) is 3.03. The Morgan fingerprint density at radius 1 is 1.15 bits per heavy atom. The van der Waals surface area contributed by atoms with Crippen molar-refractivity contribution >= 4 is 0 Å². The van der Waals surface area contributed by atoms with Gasteiger partial charge in [0.2, 0.25) is 6.67 Å². The van der Waals surface area contributed by atoms with Crippen LogP contribution < -0.4 is 0 Å². The van der Waals surface area contributed by atoms with Gasteiger partial charge in [-0.25, -0.2) is 0 Å². The molecule has 3 rings (SSSR count). The lowest BCUT2D eigenvalue weighted by Crippen LogP contribution is -2.37. The number of hydrogen-bond acceptors (Lipinski definition) is 3. The Balaban J connectivity index is 1.55. The lowest BCUT2D eigenvalue weighted by Gasteiger charge is -2.28. The molecule has 1 unspecified atom stereocenters. The molecule has 0 spiro atoms. The van der Waals surface area contributed by atoms with Crippen LogP contribution >= 0.6 is 0 Å². The summed E-state index contributed by atoms with van der Waals surface area (Å²) >= 11 is 0. The average Bonchev–Trinajstić information content (AvgIpc) is 3.10. The first kappa shape index (κ1) is 13.5. The van der Waals surface area contributed by atoms with Gasteiger partial charge in [-0.15, -0.1) is 0 Å². The summed E-state index contributed by atoms with van der Waals surface area (Å²) in [5.74, 6) is 0. The molecular formula is C17H23N3. The first-order valence-corrected chi connectivity index (χ1v) is 7.61. The van der Waals surface area contributed by atoms with Gasteiger partial charge in [0.25, 0.3) is 0 Å². The molecule has 2 aliphatic rings. The Kier molecular flexibility index (Phi) is 4.26. The highest BCUT2D eigenvalue weighted by Gasteiger charge is 2.27. The van der Waals surface area contributed by atoms with Crippen molar-refractivity contribution in [3.63, 3.8) is 0 Å². The highest BCUT2D eigenvalue weighted by atomic mass is 15.4. The van der Waals surface area contributed by atoms with Gasteiger partial charge in [0.1, 0.15) is 0 Å². The van der Waals surface area contributed by atoms with Crippen LogP contribution in [0.5, 0.6) is 0 Å². The largest absolute Gasteiger partial charge is 0.347 e. The molecule has 0 aliphatic carbocycles. The third-order valence-corrected chi connectivity index (χ3v) is 4.16. The van der Waals surface area contributed by atoms with Crippen LogP contribution in [0.3, 0.4) is 0 Å². The zero-order valence-corrected chi connectivity index (χ0v) is 12.2. The van der Waals surface area contributed by atoms with Gasteiger partial charge in [-0.3, -0.25) is 4.90 Å². The molecule has 3 heteroatoms. The highest BCUT2D eigenvalue weighted by Crippen LogP contribution is 2.23. The van der Waals surface area contributed by atoms with Crippen LogP contribution in [-0.4, -0.2) is 40.4 Å². The topological polar surface area (TPSA) is 9.72 Å². The number of benzene rings is 1. The smallest absolute Gasteiger partial charge is 0.207 e. The fraction of sp³-hybridized carbons (Fsp3) is 0.471. The van der Waals surface area contributed by atoms with E-state index in [2.05, 4.69) is 71.0 Å². The molecule has 0 amide bonds. The van der Waals surface area contributed by atoms with Crippen LogP contribution in [0.25, 0.3) is 0 Å². The van der Waals surface area contributed by atoms with E-state index >= 15 is 0 Å². The average molecular weight is 269 g/mol. The quantitative estimate of drug-likeness (QED) is 0.814. The lowest BCUT2D eigenvalue weighted by atomic mass is 10.1. The van der Waals surface area contributed by atoms with Crippen LogP contribution in [0.1, 0.15) is 25.3 Å². The summed E-state index contributed by atoms with van der Waals surface area (Å²) in [6.45, 7) is 9.87. The number of hydrogen-bond donors (Lipinski definition) is 0. The van der Waals surface area contributed by atoms with E-state index in [4.69, 9.17) is 0 Å². The predicted octanol–water partition coefficient (Wildman–Crippen LogP) is 2.76. The molecule has 106 valence electrons. The molecule has 20 heavy (non-hydrogen) atoms. The minimum Gasteiger partial charge on any atom is -0.347 e. The maximum absolute atomic E-state index is 3.38. The standard InChI is InChI=1S/C17H23N3/c1-2-18-11-12-19(15-18)14-17-9-6-10-20(17)13-16-7-4-3-5-8-16/h3-5,7-8,11-12,17H,2,6,9-10,13-14H2,1H3. The number of likely N-dealkylation sites (tertiary alicyclic amines) is 1. The molecule has 0 aromatic heterocycles. The first-order valence-electron chi connectivity index (χ1n) is 7.61. The van der Waals surface area contributed by atoms with Crippen LogP contribution in [0.4, 0.5) is 0 Å². The van der Waals surface area contributed by atoms with E-state index in [9.17, 15) is 0 Å². The number of rotatable bonds is 5. The van der Waals surface area contributed by atoms with Gasteiger partial charge in [0.15, 0.2) is 0 Å². The summed E-state index contributed by atoms with van der Waals surface area (Å²) in [6, 6.07) is 11.4. The molecule has 1 aromatic rings. The summed E-state index contributed by atoms with van der Waals surface area (Å²) in [5, 5.41) is 0. The zero-order valence-electron chi connectivity index (χ0n) is 12.2. The van der Waals surface area contributed by atoms with Gasteiger partial charge in [-0.2, -0.15) is 0 Å². The Bertz CT molecular complexity index is 443. The molecule has 0 N–H and O–H groups in total. The van der Waals surface area contributed by atoms with E-state index in [0.717, 1.165) is 19.6 Å². The summed E-state index contributed by atoms with van der Waals surface area (Å²) < 4.78 is 0. The number of nitrogens with zero attached hydrogens (tertiary/aromatic N) is 3. The molecule has 0 bridgehead atoms. The molecule has 2 aliphatic heterocycles. The molecule has 0 saturated carbocycles. The lowest BCUT2D eigenvalue weighted by molar-refractivity contribution is 0.202. The SMILES string of the molecule is CCN1[C]N(CC2CCCN2Cc2ccccc2)C=C1. The molecular weight excluding hydrogens is 246 g/mol. The normalized spacial score (nSPS) is 22.9. The molecule has 1 fully saturated rings. The Morgan fingerprint density at radius 2 is 1.95 bits per heavy atom. The summed E-state index contributed by atoms with van der Waals surface area (Å²) in [4.78, 5) is 6.92. The van der Waals surface area contributed by atoms with E-state index in [-0.39, 0.29) is 0 Å². The van der Waals surface area contributed by atoms with Crippen molar-refractivity contribution in [3.8, 4) is 0 Å². The Labute approximate surface area is 122 Å². The van der Waals surface area contributed by atoms with Gasteiger partial charge in [0.05, 0.1) is 0 Å². The van der Waals surface area contributed by atoms with E-state index in [1.54, 1.807) is 0 Å². The first-order chi connectivity index (χ1) is 9.85. The summed E-state index contributed by atoms with van der Waals surface area (Å²) in [7, 11) is 0. The maximum Gasteiger partial charge on any atom is 0.207 e. The van der Waals surface area contributed by atoms with Crippen molar-refractivity contribution in [3.05, 3.63) is 55.0 Å². The monoisotopic (exact) mass is 269 g/mol.